The standard InChI is InChI=1S/C13H12Cl2N2O/c1-7-6-10(8(2)17-16-7)13(18)9-4-3-5-11(14)12(9)15/h3-6,13,18H,1-2H3. The van der Waals surface area contributed by atoms with Crippen molar-refractivity contribution in [3.8, 4) is 0 Å². The number of nitrogens with zero attached hydrogens (tertiary/aromatic N) is 2. The first kappa shape index (κ1) is 13.3. The number of benzene rings is 1. The summed E-state index contributed by atoms with van der Waals surface area (Å²) in [6, 6.07) is 6.98. The largest absolute Gasteiger partial charge is 0.384 e. The minimum absolute atomic E-state index is 0.362. The lowest BCUT2D eigenvalue weighted by atomic mass is 10.0. The molecule has 3 nitrogen and oxygen atoms in total. The van der Waals surface area contributed by atoms with Crippen molar-refractivity contribution in [2.45, 2.75) is 20.0 Å². The van der Waals surface area contributed by atoms with Crippen LogP contribution in [-0.4, -0.2) is 15.3 Å². The van der Waals surface area contributed by atoms with Crippen molar-refractivity contribution in [3.05, 3.63) is 56.8 Å². The Morgan fingerprint density at radius 3 is 2.56 bits per heavy atom. The van der Waals surface area contributed by atoms with E-state index in [9.17, 15) is 5.11 Å². The molecular weight excluding hydrogens is 271 g/mol. The smallest absolute Gasteiger partial charge is 0.107 e. The summed E-state index contributed by atoms with van der Waals surface area (Å²) in [4.78, 5) is 0. The fourth-order valence-electron chi connectivity index (χ4n) is 1.75. The summed E-state index contributed by atoms with van der Waals surface area (Å²) in [5, 5.41) is 19.1. The van der Waals surface area contributed by atoms with Gasteiger partial charge in [-0.2, -0.15) is 10.2 Å². The maximum atomic E-state index is 10.4. The molecular formula is C13H12Cl2N2O. The molecule has 0 aliphatic rings. The third-order valence-corrected chi connectivity index (χ3v) is 3.54. The molecule has 0 saturated carbocycles. The maximum absolute atomic E-state index is 10.4. The third-order valence-electron chi connectivity index (χ3n) is 2.71. The second-order valence-electron chi connectivity index (χ2n) is 4.07. The summed E-state index contributed by atoms with van der Waals surface area (Å²) in [5.41, 5.74) is 2.67. The van der Waals surface area contributed by atoms with Crippen molar-refractivity contribution in [2.75, 3.05) is 0 Å². The van der Waals surface area contributed by atoms with E-state index in [-0.39, 0.29) is 0 Å². The lowest BCUT2D eigenvalue weighted by molar-refractivity contribution is 0.218. The van der Waals surface area contributed by atoms with Crippen molar-refractivity contribution in [3.63, 3.8) is 0 Å². The number of aliphatic hydroxyl groups is 1. The van der Waals surface area contributed by atoms with Crippen LogP contribution in [0.25, 0.3) is 0 Å². The SMILES string of the molecule is Cc1cc(C(O)c2cccc(Cl)c2Cl)c(C)nn1. The fourth-order valence-corrected chi connectivity index (χ4v) is 2.16. The van der Waals surface area contributed by atoms with E-state index in [1.807, 2.05) is 6.92 Å². The van der Waals surface area contributed by atoms with Gasteiger partial charge < -0.3 is 5.11 Å². The van der Waals surface area contributed by atoms with Crippen molar-refractivity contribution in [1.29, 1.82) is 0 Å². The molecule has 0 aliphatic carbocycles. The van der Waals surface area contributed by atoms with E-state index in [0.29, 0.717) is 26.9 Å². The first-order valence-corrected chi connectivity index (χ1v) is 6.19. The average Bonchev–Trinajstić information content (AvgIpc) is 2.35. The first-order chi connectivity index (χ1) is 8.50. The molecule has 0 fully saturated rings. The van der Waals surface area contributed by atoms with Gasteiger partial charge in [-0.15, -0.1) is 0 Å². The molecule has 94 valence electrons. The Balaban J connectivity index is 2.51. The Hall–Kier alpha value is -1.16. The topological polar surface area (TPSA) is 46.0 Å². The second-order valence-corrected chi connectivity index (χ2v) is 4.86. The summed E-state index contributed by atoms with van der Waals surface area (Å²) < 4.78 is 0. The lowest BCUT2D eigenvalue weighted by Gasteiger charge is -2.15. The highest BCUT2D eigenvalue weighted by molar-refractivity contribution is 6.42. The molecule has 1 aromatic heterocycles. The number of hydrogen-bond donors (Lipinski definition) is 1. The van der Waals surface area contributed by atoms with Crippen LogP contribution >= 0.6 is 23.2 Å². The molecule has 1 heterocycles. The van der Waals surface area contributed by atoms with Gasteiger partial charge in [-0.05, 0) is 26.0 Å². The molecule has 1 unspecified atom stereocenters. The van der Waals surface area contributed by atoms with Crippen LogP contribution in [0.4, 0.5) is 0 Å². The first-order valence-electron chi connectivity index (χ1n) is 5.43. The van der Waals surface area contributed by atoms with Crippen molar-refractivity contribution < 1.29 is 5.11 Å². The molecule has 2 aromatic rings. The molecule has 0 amide bonds. The number of aromatic nitrogens is 2. The van der Waals surface area contributed by atoms with Crippen LogP contribution in [0.3, 0.4) is 0 Å². The Morgan fingerprint density at radius 1 is 1.11 bits per heavy atom. The van der Waals surface area contributed by atoms with Gasteiger partial charge in [0.2, 0.25) is 0 Å². The van der Waals surface area contributed by atoms with Gasteiger partial charge in [0.1, 0.15) is 6.10 Å². The van der Waals surface area contributed by atoms with E-state index >= 15 is 0 Å². The Kier molecular flexibility index (Phi) is 3.85. The predicted molar refractivity (Wildman–Crippen MR) is 72.0 cm³/mol. The zero-order valence-electron chi connectivity index (χ0n) is 9.98. The van der Waals surface area contributed by atoms with E-state index in [2.05, 4.69) is 10.2 Å². The van der Waals surface area contributed by atoms with Crippen LogP contribution < -0.4 is 0 Å². The van der Waals surface area contributed by atoms with Crippen LogP contribution in [0, 0.1) is 13.8 Å². The van der Waals surface area contributed by atoms with Gasteiger partial charge in [-0.1, -0.05) is 35.3 Å². The van der Waals surface area contributed by atoms with Crippen molar-refractivity contribution in [2.24, 2.45) is 0 Å². The summed E-state index contributed by atoms with van der Waals surface area (Å²) in [6.07, 6.45) is -0.856. The second kappa shape index (κ2) is 5.22. The van der Waals surface area contributed by atoms with E-state index in [1.54, 1.807) is 31.2 Å². The van der Waals surface area contributed by atoms with Gasteiger partial charge in [-0.25, -0.2) is 0 Å². The quantitative estimate of drug-likeness (QED) is 0.917. The van der Waals surface area contributed by atoms with Crippen LogP contribution in [0.2, 0.25) is 10.0 Å². The Labute approximate surface area is 115 Å². The maximum Gasteiger partial charge on any atom is 0.107 e. The molecule has 1 atom stereocenters. The number of rotatable bonds is 2. The van der Waals surface area contributed by atoms with Gasteiger partial charge in [0, 0.05) is 11.1 Å². The molecule has 0 aliphatic heterocycles. The van der Waals surface area contributed by atoms with Crippen molar-refractivity contribution in [1.82, 2.24) is 10.2 Å². The van der Waals surface area contributed by atoms with Crippen LogP contribution in [0.15, 0.2) is 24.3 Å². The minimum atomic E-state index is -0.856. The highest BCUT2D eigenvalue weighted by atomic mass is 35.5. The number of aryl methyl sites for hydroxylation is 2. The van der Waals surface area contributed by atoms with E-state index < -0.39 is 6.10 Å². The van der Waals surface area contributed by atoms with Gasteiger partial charge >= 0.3 is 0 Å². The molecule has 5 heteroatoms. The number of hydrogen-bond acceptors (Lipinski definition) is 3. The minimum Gasteiger partial charge on any atom is -0.384 e. The molecule has 0 saturated heterocycles. The van der Waals surface area contributed by atoms with E-state index in [1.165, 1.54) is 0 Å². The van der Waals surface area contributed by atoms with Gasteiger partial charge in [0.15, 0.2) is 0 Å². The molecule has 18 heavy (non-hydrogen) atoms. The molecule has 0 radical (unpaired) electrons. The van der Waals surface area contributed by atoms with E-state index in [0.717, 1.165) is 5.69 Å². The molecule has 1 N–H and O–H groups in total. The number of aliphatic hydroxyl groups excluding tert-OH is 1. The lowest BCUT2D eigenvalue weighted by Crippen LogP contribution is -2.06. The zero-order valence-corrected chi connectivity index (χ0v) is 11.5. The van der Waals surface area contributed by atoms with Gasteiger partial charge in [-0.3, -0.25) is 0 Å². The summed E-state index contributed by atoms with van der Waals surface area (Å²) >= 11 is 12.0. The Morgan fingerprint density at radius 2 is 1.83 bits per heavy atom. The van der Waals surface area contributed by atoms with Gasteiger partial charge in [0.05, 0.1) is 21.4 Å². The monoisotopic (exact) mass is 282 g/mol. The normalized spacial score (nSPS) is 12.5. The third kappa shape index (κ3) is 2.48. The predicted octanol–water partition coefficient (Wildman–Crippen LogP) is 3.48. The highest BCUT2D eigenvalue weighted by Gasteiger charge is 2.18. The highest BCUT2D eigenvalue weighted by Crippen LogP contribution is 2.33. The average molecular weight is 283 g/mol. The van der Waals surface area contributed by atoms with Crippen LogP contribution in [0.5, 0.6) is 0 Å². The molecule has 1 aromatic carbocycles. The fraction of sp³-hybridized carbons (Fsp3) is 0.231. The van der Waals surface area contributed by atoms with Crippen molar-refractivity contribution >= 4 is 23.2 Å². The van der Waals surface area contributed by atoms with Crippen LogP contribution in [0.1, 0.15) is 28.6 Å². The van der Waals surface area contributed by atoms with E-state index in [4.69, 9.17) is 23.2 Å². The molecule has 0 spiro atoms. The Bertz CT molecular complexity index is 585. The molecule has 2 rings (SSSR count). The zero-order chi connectivity index (χ0) is 13.3. The summed E-state index contributed by atoms with van der Waals surface area (Å²) in [6.45, 7) is 3.62. The van der Waals surface area contributed by atoms with Gasteiger partial charge in [0.25, 0.3) is 0 Å². The molecule has 0 bridgehead atoms. The van der Waals surface area contributed by atoms with Crippen LogP contribution in [-0.2, 0) is 0 Å². The number of halogens is 2. The summed E-state index contributed by atoms with van der Waals surface area (Å²) in [5.74, 6) is 0. The summed E-state index contributed by atoms with van der Waals surface area (Å²) in [7, 11) is 0.